The van der Waals surface area contributed by atoms with E-state index in [4.69, 9.17) is 4.98 Å². The predicted molar refractivity (Wildman–Crippen MR) is 119 cm³/mol. The fourth-order valence-electron chi connectivity index (χ4n) is 3.31. The van der Waals surface area contributed by atoms with Crippen LogP contribution in [0.15, 0.2) is 16.9 Å². The van der Waals surface area contributed by atoms with Crippen LogP contribution in [0.2, 0.25) is 0 Å². The number of allylic oxidation sites excluding steroid dienone is 1. The molecule has 0 aliphatic heterocycles. The van der Waals surface area contributed by atoms with Crippen LogP contribution in [-0.4, -0.2) is 91.5 Å². The monoisotopic (exact) mass is 432 g/mol. The van der Waals surface area contributed by atoms with Crippen molar-refractivity contribution in [3.63, 3.8) is 0 Å². The summed E-state index contributed by atoms with van der Waals surface area (Å²) in [4.78, 5) is 16.0. The Morgan fingerprint density at radius 3 is 2.29 bits per heavy atom. The molecule has 0 bridgehead atoms. The Morgan fingerprint density at radius 2 is 1.79 bits per heavy atom. The molecule has 0 aliphatic carbocycles. The second kappa shape index (κ2) is 9.67. The molecule has 0 N–H and O–H groups in total. The smallest absolute Gasteiger partial charge is 0.325 e. The van der Waals surface area contributed by atoms with E-state index in [1.165, 1.54) is 5.01 Å². The van der Waals surface area contributed by atoms with Crippen LogP contribution in [0.4, 0.5) is 0 Å². The van der Waals surface area contributed by atoms with Gasteiger partial charge in [0.15, 0.2) is 0 Å². The van der Waals surface area contributed by atoms with E-state index in [-0.39, 0.29) is 10.6 Å². The van der Waals surface area contributed by atoms with Crippen molar-refractivity contribution >= 4 is 23.1 Å². The molecule has 7 nitrogen and oxygen atoms in total. The quantitative estimate of drug-likeness (QED) is 0.233. The van der Waals surface area contributed by atoms with Crippen LogP contribution in [0.25, 0.3) is 0 Å². The first-order valence-electron chi connectivity index (χ1n) is 9.53. The molecule has 0 atom stereocenters. The molecular formula is C19H38N5O2S2+3. The van der Waals surface area contributed by atoms with Gasteiger partial charge in [-0.25, -0.2) is 14.0 Å². The summed E-state index contributed by atoms with van der Waals surface area (Å²) in [5.41, 5.74) is 1.39. The van der Waals surface area contributed by atoms with Crippen LogP contribution in [-0.2, 0) is 12.3 Å². The second-order valence-electron chi connectivity index (χ2n) is 9.31. The number of hydrogen-bond donors (Lipinski definition) is 0. The van der Waals surface area contributed by atoms with E-state index in [0.29, 0.717) is 8.97 Å². The lowest BCUT2D eigenvalue weighted by molar-refractivity contribution is -1.01. The molecule has 0 fully saturated rings. The van der Waals surface area contributed by atoms with Crippen LogP contribution in [0.1, 0.15) is 24.5 Å². The SMILES string of the molecule is CC[N+](C)(C)C(=C(C)[N+](=O)[O-])[N+](C)(C)CCSCc1csc(C[N+](C)(C)C)n1. The first-order chi connectivity index (χ1) is 12.7. The molecule has 0 unspecified atom stereocenters. The van der Waals surface area contributed by atoms with E-state index in [1.807, 2.05) is 25.9 Å². The first-order valence-corrected chi connectivity index (χ1v) is 11.6. The third-order valence-electron chi connectivity index (χ3n) is 4.79. The van der Waals surface area contributed by atoms with Crippen LogP contribution < -0.4 is 0 Å². The normalized spacial score (nSPS) is 14.2. The highest BCUT2D eigenvalue weighted by Crippen LogP contribution is 2.26. The van der Waals surface area contributed by atoms with Crippen LogP contribution in [0.5, 0.6) is 0 Å². The summed E-state index contributed by atoms with van der Waals surface area (Å²) in [7, 11) is 14.7. The minimum Gasteiger partial charge on any atom is -0.325 e. The molecule has 0 aliphatic rings. The Bertz CT molecular complexity index is 705. The van der Waals surface area contributed by atoms with Crippen LogP contribution >= 0.6 is 23.1 Å². The first kappa shape index (κ1) is 25.0. The van der Waals surface area contributed by atoms with Gasteiger partial charge in [0.25, 0.3) is 0 Å². The van der Waals surface area contributed by atoms with Gasteiger partial charge in [-0.3, -0.25) is 10.1 Å². The molecule has 0 amide bonds. The molecule has 28 heavy (non-hydrogen) atoms. The second-order valence-corrected chi connectivity index (χ2v) is 11.4. The van der Waals surface area contributed by atoms with E-state index >= 15 is 0 Å². The molecule has 1 aromatic rings. The summed E-state index contributed by atoms with van der Waals surface area (Å²) in [6, 6.07) is 0. The summed E-state index contributed by atoms with van der Waals surface area (Å²) >= 11 is 3.57. The van der Waals surface area contributed by atoms with Gasteiger partial charge in [0.1, 0.15) is 11.6 Å². The number of aromatic nitrogens is 1. The van der Waals surface area contributed by atoms with Gasteiger partial charge < -0.3 is 4.48 Å². The Kier molecular flexibility index (Phi) is 8.64. The van der Waals surface area contributed by atoms with Crippen molar-refractivity contribution < 1.29 is 18.4 Å². The number of rotatable bonds is 11. The lowest BCUT2D eigenvalue weighted by Gasteiger charge is -2.38. The lowest BCUT2D eigenvalue weighted by Crippen LogP contribution is -2.55. The van der Waals surface area contributed by atoms with Crippen LogP contribution in [0.3, 0.4) is 0 Å². The average Bonchev–Trinajstić information content (AvgIpc) is 2.96. The van der Waals surface area contributed by atoms with Crippen molar-refractivity contribution in [1.29, 1.82) is 0 Å². The Hall–Kier alpha value is -1.00. The van der Waals surface area contributed by atoms with E-state index < -0.39 is 0 Å². The molecule has 1 aromatic heterocycles. The summed E-state index contributed by atoms with van der Waals surface area (Å²) in [5, 5.41) is 14.8. The van der Waals surface area contributed by atoms with Gasteiger partial charge in [0.2, 0.25) is 0 Å². The van der Waals surface area contributed by atoms with Crippen LogP contribution in [0, 0.1) is 10.1 Å². The van der Waals surface area contributed by atoms with E-state index in [0.717, 1.165) is 47.1 Å². The van der Waals surface area contributed by atoms with E-state index in [1.54, 1.807) is 18.3 Å². The highest BCUT2D eigenvalue weighted by atomic mass is 32.2. The number of nitro groups is 1. The fourth-order valence-corrected chi connectivity index (χ4v) is 5.54. The van der Waals surface area contributed by atoms with Crippen molar-refractivity contribution in [3.8, 4) is 0 Å². The van der Waals surface area contributed by atoms with Gasteiger partial charge in [-0.05, 0) is 6.92 Å². The lowest BCUT2D eigenvalue weighted by atomic mass is 10.3. The van der Waals surface area contributed by atoms with E-state index in [9.17, 15) is 10.1 Å². The average molecular weight is 433 g/mol. The number of thioether (sulfide) groups is 1. The maximum atomic E-state index is 11.5. The number of hydrogen-bond acceptors (Lipinski definition) is 5. The molecule has 0 aromatic carbocycles. The molecule has 0 saturated carbocycles. The largest absolute Gasteiger partial charge is 0.367 e. The van der Waals surface area contributed by atoms with Crippen molar-refractivity contribution in [2.45, 2.75) is 26.1 Å². The number of quaternary nitrogens is 3. The minimum atomic E-state index is -0.247. The maximum Gasteiger partial charge on any atom is 0.367 e. The highest BCUT2D eigenvalue weighted by molar-refractivity contribution is 7.98. The third kappa shape index (κ3) is 7.44. The number of nitrogens with zero attached hydrogens (tertiary/aromatic N) is 5. The van der Waals surface area contributed by atoms with Gasteiger partial charge >= 0.3 is 11.5 Å². The van der Waals surface area contributed by atoms with Gasteiger partial charge in [-0.15, -0.1) is 23.1 Å². The molecule has 1 rings (SSSR count). The highest BCUT2D eigenvalue weighted by Gasteiger charge is 2.43. The van der Waals surface area contributed by atoms with Gasteiger partial charge in [0, 0.05) is 23.8 Å². The van der Waals surface area contributed by atoms with Crippen molar-refractivity contribution in [2.24, 2.45) is 0 Å². The van der Waals surface area contributed by atoms with Crippen molar-refractivity contribution in [1.82, 2.24) is 4.98 Å². The zero-order chi connectivity index (χ0) is 21.8. The molecule has 1 heterocycles. The molecule has 0 radical (unpaired) electrons. The zero-order valence-corrected chi connectivity index (χ0v) is 20.6. The summed E-state index contributed by atoms with van der Waals surface area (Å²) in [5.74, 6) is 2.66. The predicted octanol–water partition coefficient (Wildman–Crippen LogP) is 3.22. The van der Waals surface area contributed by atoms with Crippen molar-refractivity contribution in [2.75, 3.05) is 68.2 Å². The summed E-state index contributed by atoms with van der Waals surface area (Å²) in [6.07, 6.45) is 0. The zero-order valence-electron chi connectivity index (χ0n) is 19.0. The van der Waals surface area contributed by atoms with Gasteiger partial charge in [-0.1, -0.05) is 0 Å². The maximum absolute atomic E-state index is 11.5. The summed E-state index contributed by atoms with van der Waals surface area (Å²) in [6.45, 7) is 6.28. The molecule has 0 spiro atoms. The molecular weight excluding hydrogens is 394 g/mol. The Morgan fingerprint density at radius 1 is 1.18 bits per heavy atom. The molecule has 0 saturated heterocycles. The Balaban J connectivity index is 2.74. The molecule has 9 heteroatoms. The topological polar surface area (TPSA) is 56.0 Å². The van der Waals surface area contributed by atoms with Gasteiger partial charge in [0.05, 0.1) is 73.0 Å². The minimum absolute atomic E-state index is 0.247. The fraction of sp³-hybridized carbons (Fsp3) is 0.737. The standard InChI is InChI=1S/C19H38N5O2S2/c1-10-23(6,7)19(16(2)21(25)26)24(8,9)11-12-27-14-17-15-28-18(20-17)13-22(3,4)5/h15H,10-14H2,1-9H3/q+3. The summed E-state index contributed by atoms with van der Waals surface area (Å²) < 4.78 is 1.91. The van der Waals surface area contributed by atoms with Gasteiger partial charge in [-0.2, -0.15) is 0 Å². The number of thiazole rings is 1. The van der Waals surface area contributed by atoms with E-state index in [2.05, 4.69) is 47.5 Å². The third-order valence-corrected chi connectivity index (χ3v) is 6.64. The Labute approximate surface area is 178 Å². The molecule has 160 valence electrons. The van der Waals surface area contributed by atoms with Crippen molar-refractivity contribution in [3.05, 3.63) is 37.7 Å².